The van der Waals surface area contributed by atoms with Crippen LogP contribution in [0.5, 0.6) is 0 Å². The second-order valence-electron chi connectivity index (χ2n) is 5.39. The van der Waals surface area contributed by atoms with Crippen LogP contribution in [0.3, 0.4) is 0 Å². The van der Waals surface area contributed by atoms with Crippen molar-refractivity contribution < 1.29 is 18.8 Å². The molecule has 2 rings (SSSR count). The molecule has 2 aromatic carbocycles. The first-order valence-corrected chi connectivity index (χ1v) is 7.61. The number of benzene rings is 2. The van der Waals surface area contributed by atoms with Gasteiger partial charge in [0.25, 0.3) is 0 Å². The second-order valence-corrected chi connectivity index (χ2v) is 5.39. The number of nitrogens with one attached hydrogen (secondary N) is 3. The SMILES string of the molecule is CC(=O)Nc1cccc(NC(=O)CNC(=O)Cc2cccc(F)c2)c1. The molecule has 25 heavy (non-hydrogen) atoms. The van der Waals surface area contributed by atoms with Crippen molar-refractivity contribution >= 4 is 29.1 Å². The average molecular weight is 343 g/mol. The molecule has 0 heterocycles. The third-order valence-corrected chi connectivity index (χ3v) is 3.17. The van der Waals surface area contributed by atoms with Crippen LogP contribution in [0.15, 0.2) is 48.5 Å². The monoisotopic (exact) mass is 343 g/mol. The zero-order chi connectivity index (χ0) is 18.2. The van der Waals surface area contributed by atoms with E-state index in [9.17, 15) is 18.8 Å². The topological polar surface area (TPSA) is 87.3 Å². The predicted octanol–water partition coefficient (Wildman–Crippen LogP) is 2.08. The summed E-state index contributed by atoms with van der Waals surface area (Å²) in [6.45, 7) is 1.18. The molecule has 0 saturated carbocycles. The van der Waals surface area contributed by atoms with Gasteiger partial charge in [0.2, 0.25) is 17.7 Å². The lowest BCUT2D eigenvalue weighted by Gasteiger charge is -2.09. The van der Waals surface area contributed by atoms with Gasteiger partial charge in [-0.1, -0.05) is 18.2 Å². The largest absolute Gasteiger partial charge is 0.347 e. The molecule has 0 spiro atoms. The molecule has 0 bridgehead atoms. The molecule has 0 atom stereocenters. The van der Waals surface area contributed by atoms with Crippen molar-refractivity contribution in [2.45, 2.75) is 13.3 Å². The van der Waals surface area contributed by atoms with Crippen LogP contribution in [0.4, 0.5) is 15.8 Å². The van der Waals surface area contributed by atoms with E-state index < -0.39 is 11.7 Å². The van der Waals surface area contributed by atoms with Crippen LogP contribution in [0, 0.1) is 5.82 Å². The maximum atomic E-state index is 13.1. The first-order chi connectivity index (χ1) is 11.9. The first-order valence-electron chi connectivity index (χ1n) is 7.61. The highest BCUT2D eigenvalue weighted by Gasteiger charge is 2.08. The molecular formula is C18H18FN3O3. The Kier molecular flexibility index (Phi) is 6.22. The van der Waals surface area contributed by atoms with E-state index in [4.69, 9.17) is 0 Å². The first kappa shape index (κ1) is 18.1. The molecule has 0 radical (unpaired) electrons. The quantitative estimate of drug-likeness (QED) is 0.750. The minimum Gasteiger partial charge on any atom is -0.347 e. The number of hydrogen-bond donors (Lipinski definition) is 3. The van der Waals surface area contributed by atoms with Gasteiger partial charge < -0.3 is 16.0 Å². The van der Waals surface area contributed by atoms with Crippen molar-refractivity contribution in [2.75, 3.05) is 17.2 Å². The number of amides is 3. The lowest BCUT2D eigenvalue weighted by Crippen LogP contribution is -2.33. The summed E-state index contributed by atoms with van der Waals surface area (Å²) >= 11 is 0. The standard InChI is InChI=1S/C18H18FN3O3/c1-12(23)21-15-6-3-7-16(10-15)22-18(25)11-20-17(24)9-13-4-2-5-14(19)8-13/h2-8,10H,9,11H2,1H3,(H,20,24)(H,21,23)(H,22,25). The van der Waals surface area contributed by atoms with Gasteiger partial charge in [-0.15, -0.1) is 0 Å². The second kappa shape index (κ2) is 8.58. The molecule has 3 amide bonds. The maximum Gasteiger partial charge on any atom is 0.243 e. The van der Waals surface area contributed by atoms with E-state index in [-0.39, 0.29) is 24.8 Å². The normalized spacial score (nSPS) is 10.0. The van der Waals surface area contributed by atoms with Crippen molar-refractivity contribution in [1.82, 2.24) is 5.32 Å². The van der Waals surface area contributed by atoms with Crippen molar-refractivity contribution in [3.8, 4) is 0 Å². The fraction of sp³-hybridized carbons (Fsp3) is 0.167. The van der Waals surface area contributed by atoms with E-state index >= 15 is 0 Å². The van der Waals surface area contributed by atoms with E-state index in [2.05, 4.69) is 16.0 Å². The lowest BCUT2D eigenvalue weighted by molar-refractivity contribution is -0.123. The van der Waals surface area contributed by atoms with Crippen LogP contribution in [0.25, 0.3) is 0 Å². The molecule has 0 fully saturated rings. The van der Waals surface area contributed by atoms with Crippen LogP contribution in [0.1, 0.15) is 12.5 Å². The minimum atomic E-state index is -0.415. The number of hydrogen-bond acceptors (Lipinski definition) is 3. The summed E-state index contributed by atoms with van der Waals surface area (Å²) in [5, 5.41) is 7.70. The molecule has 130 valence electrons. The molecule has 0 aromatic heterocycles. The summed E-state index contributed by atoms with van der Waals surface area (Å²) in [6.07, 6.45) is -0.0109. The summed E-state index contributed by atoms with van der Waals surface area (Å²) in [5.74, 6) is -1.42. The summed E-state index contributed by atoms with van der Waals surface area (Å²) in [7, 11) is 0. The van der Waals surface area contributed by atoms with Gasteiger partial charge in [-0.25, -0.2) is 4.39 Å². The number of carbonyl (C=O) groups is 3. The Morgan fingerprint density at radius 1 is 0.920 bits per heavy atom. The third-order valence-electron chi connectivity index (χ3n) is 3.17. The summed E-state index contributed by atoms with van der Waals surface area (Å²) < 4.78 is 13.1. The third kappa shape index (κ3) is 6.42. The van der Waals surface area contributed by atoms with Crippen LogP contribution >= 0.6 is 0 Å². The molecule has 7 heteroatoms. The maximum absolute atomic E-state index is 13.1. The molecule has 6 nitrogen and oxygen atoms in total. The van der Waals surface area contributed by atoms with Gasteiger partial charge in [0.1, 0.15) is 5.82 Å². The molecule has 0 aliphatic heterocycles. The molecule has 2 aromatic rings. The highest BCUT2D eigenvalue weighted by Crippen LogP contribution is 2.14. The van der Waals surface area contributed by atoms with Crippen molar-refractivity contribution in [3.63, 3.8) is 0 Å². The number of halogens is 1. The van der Waals surface area contributed by atoms with E-state index in [0.29, 0.717) is 16.9 Å². The molecular weight excluding hydrogens is 325 g/mol. The Hall–Kier alpha value is -3.22. The minimum absolute atomic E-state index is 0.0109. The highest BCUT2D eigenvalue weighted by molar-refractivity contribution is 5.96. The average Bonchev–Trinajstić information content (AvgIpc) is 2.53. The van der Waals surface area contributed by atoms with Crippen LogP contribution in [-0.4, -0.2) is 24.3 Å². The van der Waals surface area contributed by atoms with Crippen LogP contribution in [-0.2, 0) is 20.8 Å². The predicted molar refractivity (Wildman–Crippen MR) is 92.5 cm³/mol. The smallest absolute Gasteiger partial charge is 0.243 e. The Morgan fingerprint density at radius 3 is 2.28 bits per heavy atom. The molecule has 3 N–H and O–H groups in total. The Balaban J connectivity index is 1.82. The summed E-state index contributed by atoms with van der Waals surface area (Å²) in [5.41, 5.74) is 1.58. The zero-order valence-electron chi connectivity index (χ0n) is 13.6. The van der Waals surface area contributed by atoms with Crippen LogP contribution in [0.2, 0.25) is 0 Å². The van der Waals surface area contributed by atoms with Crippen molar-refractivity contribution in [1.29, 1.82) is 0 Å². The molecule has 0 aliphatic carbocycles. The van der Waals surface area contributed by atoms with Gasteiger partial charge in [-0.2, -0.15) is 0 Å². The Morgan fingerprint density at radius 2 is 1.60 bits per heavy atom. The zero-order valence-corrected chi connectivity index (χ0v) is 13.6. The van der Waals surface area contributed by atoms with Gasteiger partial charge in [0, 0.05) is 18.3 Å². The van der Waals surface area contributed by atoms with Gasteiger partial charge in [-0.3, -0.25) is 14.4 Å². The Labute approximate surface area is 144 Å². The van der Waals surface area contributed by atoms with Gasteiger partial charge >= 0.3 is 0 Å². The summed E-state index contributed by atoms with van der Waals surface area (Å²) in [4.78, 5) is 34.7. The number of rotatable bonds is 6. The van der Waals surface area contributed by atoms with Crippen molar-refractivity contribution in [2.24, 2.45) is 0 Å². The van der Waals surface area contributed by atoms with Gasteiger partial charge in [0.15, 0.2) is 0 Å². The summed E-state index contributed by atoms with van der Waals surface area (Å²) in [6, 6.07) is 12.4. The van der Waals surface area contributed by atoms with E-state index in [0.717, 1.165) is 0 Å². The fourth-order valence-electron chi connectivity index (χ4n) is 2.16. The van der Waals surface area contributed by atoms with Crippen LogP contribution < -0.4 is 16.0 Å². The van der Waals surface area contributed by atoms with Gasteiger partial charge in [0.05, 0.1) is 13.0 Å². The van der Waals surface area contributed by atoms with Crippen molar-refractivity contribution in [3.05, 3.63) is 59.9 Å². The number of anilines is 2. The molecule has 0 aliphatic rings. The highest BCUT2D eigenvalue weighted by atomic mass is 19.1. The number of carbonyl (C=O) groups excluding carboxylic acids is 3. The lowest BCUT2D eigenvalue weighted by atomic mass is 10.1. The van der Waals surface area contributed by atoms with Gasteiger partial charge in [-0.05, 0) is 35.9 Å². The van der Waals surface area contributed by atoms with E-state index in [1.165, 1.54) is 25.1 Å². The molecule has 0 saturated heterocycles. The Bertz CT molecular complexity index is 793. The van der Waals surface area contributed by atoms with E-state index in [1.54, 1.807) is 30.3 Å². The van der Waals surface area contributed by atoms with E-state index in [1.807, 2.05) is 0 Å². The fourth-order valence-corrected chi connectivity index (χ4v) is 2.16. The molecule has 0 unspecified atom stereocenters.